The van der Waals surface area contributed by atoms with E-state index in [1.807, 2.05) is 22.9 Å². The molecule has 1 aliphatic rings. The molecule has 9 nitrogen and oxygen atoms in total. The van der Waals surface area contributed by atoms with Crippen LogP contribution in [0.2, 0.25) is 0 Å². The molecule has 0 amide bonds. The van der Waals surface area contributed by atoms with E-state index in [1.165, 1.54) is 5.56 Å². The summed E-state index contributed by atoms with van der Waals surface area (Å²) in [5.74, 6) is 0.838. The van der Waals surface area contributed by atoms with Crippen LogP contribution in [0, 0.1) is 6.92 Å². The number of pyridine rings is 1. The molecule has 0 bridgehead atoms. The Morgan fingerprint density at radius 2 is 1.97 bits per heavy atom. The highest BCUT2D eigenvalue weighted by Crippen LogP contribution is 2.27. The van der Waals surface area contributed by atoms with Crippen molar-refractivity contribution in [2.24, 2.45) is 0 Å². The van der Waals surface area contributed by atoms with Crippen molar-refractivity contribution in [1.82, 2.24) is 35.0 Å². The average molecular weight is 468 g/mol. The molecular weight excluding hydrogens is 430 g/mol. The normalized spacial score (nSPS) is 16.4. The van der Waals surface area contributed by atoms with Gasteiger partial charge in [-0.1, -0.05) is 18.6 Å². The number of fused-ring (bicyclic) bond motifs is 1. The maximum absolute atomic E-state index is 13.0. The molecule has 0 radical (unpaired) electrons. The maximum Gasteiger partial charge on any atom is 0.252 e. The van der Waals surface area contributed by atoms with E-state index in [-0.39, 0.29) is 17.1 Å². The number of aryl methyl sites for hydroxylation is 1. The molecule has 184 valence electrons. The minimum atomic E-state index is -0.236. The van der Waals surface area contributed by atoms with Crippen molar-refractivity contribution in [3.8, 4) is 0 Å². The molecule has 1 aromatic carbocycles. The van der Waals surface area contributed by atoms with Crippen LogP contribution in [0.4, 0.5) is 0 Å². The monoisotopic (exact) mass is 467 g/mol. The van der Waals surface area contributed by atoms with Gasteiger partial charge in [-0.2, -0.15) is 0 Å². The molecule has 4 rings (SSSR count). The van der Waals surface area contributed by atoms with Gasteiger partial charge in [-0.25, -0.2) is 4.68 Å². The number of aromatic amines is 1. The first-order valence-corrected chi connectivity index (χ1v) is 12.2. The predicted octanol–water partition coefficient (Wildman–Crippen LogP) is 2.86. The zero-order valence-electron chi connectivity index (χ0n) is 21.0. The first-order valence-electron chi connectivity index (χ1n) is 12.2. The van der Waals surface area contributed by atoms with Gasteiger partial charge >= 0.3 is 0 Å². The Bertz CT molecular complexity index is 1160. The minimum Gasteiger partial charge on any atom is -0.379 e. The van der Waals surface area contributed by atoms with E-state index in [2.05, 4.69) is 71.0 Å². The van der Waals surface area contributed by atoms with Gasteiger partial charge in [0.25, 0.3) is 5.56 Å². The Balaban J connectivity index is 1.67. The molecular formula is C25H37N7O2. The minimum absolute atomic E-state index is 0.0112. The Kier molecular flexibility index (Phi) is 7.45. The quantitative estimate of drug-likeness (QED) is 0.545. The van der Waals surface area contributed by atoms with Crippen LogP contribution in [0.1, 0.15) is 57.1 Å². The van der Waals surface area contributed by atoms with Crippen LogP contribution < -0.4 is 5.56 Å². The summed E-state index contributed by atoms with van der Waals surface area (Å²) < 4.78 is 7.43. The smallest absolute Gasteiger partial charge is 0.252 e. The van der Waals surface area contributed by atoms with Crippen LogP contribution in [0.5, 0.6) is 0 Å². The maximum atomic E-state index is 13.0. The lowest BCUT2D eigenvalue weighted by Gasteiger charge is -2.34. The number of nitrogens with one attached hydrogen (secondary N) is 1. The van der Waals surface area contributed by atoms with Crippen molar-refractivity contribution in [2.75, 3.05) is 39.4 Å². The number of hydrogen-bond acceptors (Lipinski definition) is 7. The Morgan fingerprint density at radius 1 is 1.21 bits per heavy atom. The first-order chi connectivity index (χ1) is 16.3. The molecule has 0 saturated carbocycles. The van der Waals surface area contributed by atoms with Gasteiger partial charge in [0, 0.05) is 43.8 Å². The van der Waals surface area contributed by atoms with E-state index in [0.717, 1.165) is 68.1 Å². The van der Waals surface area contributed by atoms with E-state index < -0.39 is 0 Å². The largest absolute Gasteiger partial charge is 0.379 e. The molecule has 3 heterocycles. The number of tetrazole rings is 1. The van der Waals surface area contributed by atoms with Crippen LogP contribution in [0.25, 0.3) is 10.9 Å². The van der Waals surface area contributed by atoms with E-state index in [1.54, 1.807) is 0 Å². The second kappa shape index (κ2) is 10.3. The number of rotatable bonds is 8. The molecule has 1 aliphatic heterocycles. The molecule has 0 spiro atoms. The van der Waals surface area contributed by atoms with E-state index in [4.69, 9.17) is 4.74 Å². The van der Waals surface area contributed by atoms with Crippen molar-refractivity contribution in [3.05, 3.63) is 51.6 Å². The topological polar surface area (TPSA) is 92.2 Å². The fourth-order valence-corrected chi connectivity index (χ4v) is 4.63. The number of benzene rings is 1. The van der Waals surface area contributed by atoms with Gasteiger partial charge in [-0.05, 0) is 68.1 Å². The highest BCUT2D eigenvalue weighted by molar-refractivity contribution is 5.79. The highest BCUT2D eigenvalue weighted by Gasteiger charge is 2.30. The van der Waals surface area contributed by atoms with Gasteiger partial charge < -0.3 is 9.72 Å². The van der Waals surface area contributed by atoms with Gasteiger partial charge in [-0.3, -0.25) is 14.6 Å². The molecule has 3 aromatic rings. The van der Waals surface area contributed by atoms with E-state index >= 15 is 0 Å². The summed E-state index contributed by atoms with van der Waals surface area (Å²) in [4.78, 5) is 20.9. The van der Waals surface area contributed by atoms with Gasteiger partial charge in [0.1, 0.15) is 0 Å². The lowest BCUT2D eigenvalue weighted by molar-refractivity contribution is 0.0289. The number of ether oxygens (including phenoxy) is 1. The fraction of sp³-hybridized carbons (Fsp3) is 0.600. The number of nitrogens with zero attached hydrogens (tertiary/aromatic N) is 6. The number of H-pyrrole nitrogens is 1. The highest BCUT2D eigenvalue weighted by atomic mass is 16.5. The molecule has 1 fully saturated rings. The molecule has 0 aliphatic carbocycles. The molecule has 1 unspecified atom stereocenters. The van der Waals surface area contributed by atoms with Crippen molar-refractivity contribution >= 4 is 10.9 Å². The van der Waals surface area contributed by atoms with Crippen molar-refractivity contribution in [2.45, 2.75) is 59.2 Å². The number of hydrogen-bond donors (Lipinski definition) is 1. The first kappa shape index (κ1) is 24.5. The SMILES string of the molecule is CCC(c1nnnn1C(C)(C)C)N(CCN1CCOCC1)Cc1cc2cc(C)ccc2[nH]c1=O. The lowest BCUT2D eigenvalue weighted by atomic mass is 10.1. The average Bonchev–Trinajstić information content (AvgIpc) is 3.29. The zero-order chi connectivity index (χ0) is 24.3. The zero-order valence-corrected chi connectivity index (χ0v) is 21.0. The second-order valence-corrected chi connectivity index (χ2v) is 10.2. The van der Waals surface area contributed by atoms with Gasteiger partial charge in [0.15, 0.2) is 5.82 Å². The van der Waals surface area contributed by atoms with Gasteiger partial charge in [0.2, 0.25) is 0 Å². The summed E-state index contributed by atoms with van der Waals surface area (Å²) in [5.41, 5.74) is 2.51. The van der Waals surface area contributed by atoms with Crippen LogP contribution in [-0.2, 0) is 16.8 Å². The summed E-state index contributed by atoms with van der Waals surface area (Å²) in [6.45, 7) is 16.2. The van der Waals surface area contributed by atoms with Crippen LogP contribution in [0.15, 0.2) is 29.1 Å². The second-order valence-electron chi connectivity index (χ2n) is 10.2. The van der Waals surface area contributed by atoms with Gasteiger partial charge in [0.05, 0.1) is 24.8 Å². The standard InChI is InChI=1S/C25H37N7O2/c1-6-22(23-27-28-29-32(23)25(3,4)5)31(10-9-30-11-13-34-14-12-30)17-20-16-19-15-18(2)7-8-21(19)26-24(20)33/h7-8,15-16,22H,6,9-14,17H2,1-5H3,(H,26,33). The Morgan fingerprint density at radius 3 is 2.68 bits per heavy atom. The third-order valence-electron chi connectivity index (χ3n) is 6.51. The van der Waals surface area contributed by atoms with Crippen molar-refractivity contribution < 1.29 is 4.74 Å². The van der Waals surface area contributed by atoms with Crippen molar-refractivity contribution in [3.63, 3.8) is 0 Å². The molecule has 34 heavy (non-hydrogen) atoms. The summed E-state index contributed by atoms with van der Waals surface area (Å²) in [6, 6.07) is 8.12. The van der Waals surface area contributed by atoms with Crippen LogP contribution >= 0.6 is 0 Å². The Labute approximate surface area is 201 Å². The number of aromatic nitrogens is 5. The number of morpholine rings is 1. The van der Waals surface area contributed by atoms with Crippen LogP contribution in [-0.4, -0.2) is 74.4 Å². The third kappa shape index (κ3) is 5.54. The lowest BCUT2D eigenvalue weighted by Crippen LogP contribution is -2.43. The summed E-state index contributed by atoms with van der Waals surface area (Å²) in [5, 5.41) is 13.8. The van der Waals surface area contributed by atoms with E-state index in [9.17, 15) is 4.79 Å². The third-order valence-corrected chi connectivity index (χ3v) is 6.51. The van der Waals surface area contributed by atoms with E-state index in [0.29, 0.717) is 6.54 Å². The molecule has 2 aromatic heterocycles. The molecule has 1 saturated heterocycles. The Hall–Kier alpha value is -2.62. The molecule has 1 atom stereocenters. The molecule has 1 N–H and O–H groups in total. The summed E-state index contributed by atoms with van der Waals surface area (Å²) in [7, 11) is 0. The fourth-order valence-electron chi connectivity index (χ4n) is 4.63. The van der Waals surface area contributed by atoms with Gasteiger partial charge in [-0.15, -0.1) is 5.10 Å². The summed E-state index contributed by atoms with van der Waals surface area (Å²) >= 11 is 0. The van der Waals surface area contributed by atoms with Crippen molar-refractivity contribution in [1.29, 1.82) is 0 Å². The molecule has 9 heteroatoms. The predicted molar refractivity (Wildman–Crippen MR) is 133 cm³/mol. The summed E-state index contributed by atoms with van der Waals surface area (Å²) in [6.07, 6.45) is 0.837. The van der Waals surface area contributed by atoms with Crippen LogP contribution in [0.3, 0.4) is 0 Å².